The lowest BCUT2D eigenvalue weighted by Gasteiger charge is -2.09. The summed E-state index contributed by atoms with van der Waals surface area (Å²) < 4.78 is 0. The molecule has 5 nitrogen and oxygen atoms in total. The molecule has 0 aromatic heterocycles. The van der Waals surface area contributed by atoms with Crippen molar-refractivity contribution in [3.05, 3.63) is 28.8 Å². The average Bonchev–Trinajstić information content (AvgIpc) is 3.15. The fourth-order valence-corrected chi connectivity index (χ4v) is 1.94. The third kappa shape index (κ3) is 4.13. The van der Waals surface area contributed by atoms with Crippen LogP contribution in [0.2, 0.25) is 5.02 Å². The van der Waals surface area contributed by atoms with Gasteiger partial charge in [-0.05, 0) is 30.5 Å². The second kappa shape index (κ2) is 5.93. The second-order valence-corrected chi connectivity index (χ2v) is 5.02. The minimum absolute atomic E-state index is 0.0877. The number of rotatable bonds is 5. The first kappa shape index (κ1) is 13.7. The monoisotopic (exact) mass is 282 g/mol. The summed E-state index contributed by atoms with van der Waals surface area (Å²) in [7, 11) is 0. The van der Waals surface area contributed by atoms with E-state index in [1.54, 1.807) is 0 Å². The van der Waals surface area contributed by atoms with Crippen LogP contribution in [-0.4, -0.2) is 23.7 Å². The van der Waals surface area contributed by atoms with Gasteiger partial charge in [-0.1, -0.05) is 24.4 Å². The van der Waals surface area contributed by atoms with Crippen LogP contribution in [0.25, 0.3) is 0 Å². The van der Waals surface area contributed by atoms with E-state index in [4.69, 9.17) is 16.7 Å². The normalized spacial score (nSPS) is 13.9. The lowest BCUT2D eigenvalue weighted by atomic mass is 10.2. The van der Waals surface area contributed by atoms with Gasteiger partial charge in [-0.15, -0.1) is 0 Å². The highest BCUT2D eigenvalue weighted by atomic mass is 35.5. The topological polar surface area (TPSA) is 78.4 Å². The molecule has 2 rings (SSSR count). The number of urea groups is 1. The first-order valence-corrected chi connectivity index (χ1v) is 6.52. The van der Waals surface area contributed by atoms with Gasteiger partial charge < -0.3 is 15.7 Å². The van der Waals surface area contributed by atoms with E-state index in [0.29, 0.717) is 12.2 Å². The van der Waals surface area contributed by atoms with Gasteiger partial charge >= 0.3 is 12.0 Å². The molecule has 0 heterocycles. The Kier molecular flexibility index (Phi) is 4.27. The van der Waals surface area contributed by atoms with Crippen molar-refractivity contribution in [1.29, 1.82) is 0 Å². The fraction of sp³-hybridized carbons (Fsp3) is 0.385. The molecule has 1 saturated carbocycles. The SMILES string of the molecule is O=C(NCCC1CC1)Nc1ccc(C(=O)O)cc1Cl. The molecule has 3 N–H and O–H groups in total. The maximum Gasteiger partial charge on any atom is 0.335 e. The van der Waals surface area contributed by atoms with Crippen LogP contribution in [-0.2, 0) is 0 Å². The summed E-state index contributed by atoms with van der Waals surface area (Å²) in [5.41, 5.74) is 0.486. The highest BCUT2D eigenvalue weighted by Crippen LogP contribution is 2.31. The number of halogens is 1. The lowest BCUT2D eigenvalue weighted by molar-refractivity contribution is 0.0697. The number of hydrogen-bond donors (Lipinski definition) is 3. The van der Waals surface area contributed by atoms with Crippen LogP contribution < -0.4 is 10.6 Å². The Morgan fingerprint density at radius 3 is 2.68 bits per heavy atom. The maximum absolute atomic E-state index is 11.6. The molecule has 1 aliphatic rings. The predicted molar refractivity (Wildman–Crippen MR) is 72.8 cm³/mol. The minimum Gasteiger partial charge on any atom is -0.478 e. The molecule has 0 spiro atoms. The van der Waals surface area contributed by atoms with Gasteiger partial charge in [-0.3, -0.25) is 0 Å². The van der Waals surface area contributed by atoms with E-state index in [1.807, 2.05) is 0 Å². The molecular formula is C13H15ClN2O3. The van der Waals surface area contributed by atoms with Crippen molar-refractivity contribution < 1.29 is 14.7 Å². The van der Waals surface area contributed by atoms with E-state index in [-0.39, 0.29) is 16.6 Å². The molecule has 0 radical (unpaired) electrons. The Balaban J connectivity index is 1.86. The quantitative estimate of drug-likeness (QED) is 0.777. The van der Waals surface area contributed by atoms with E-state index in [2.05, 4.69) is 10.6 Å². The molecule has 1 aromatic rings. The van der Waals surface area contributed by atoms with E-state index < -0.39 is 5.97 Å². The number of anilines is 1. The molecule has 2 amide bonds. The van der Waals surface area contributed by atoms with E-state index in [1.165, 1.54) is 31.0 Å². The molecule has 1 aliphatic carbocycles. The summed E-state index contributed by atoms with van der Waals surface area (Å²) in [5.74, 6) is -0.291. The molecular weight excluding hydrogens is 268 g/mol. The van der Waals surface area contributed by atoms with Crippen LogP contribution in [0, 0.1) is 5.92 Å². The number of carbonyl (C=O) groups is 2. The van der Waals surface area contributed by atoms with Crippen LogP contribution in [0.1, 0.15) is 29.6 Å². The average molecular weight is 283 g/mol. The number of benzene rings is 1. The molecule has 1 aromatic carbocycles. The van der Waals surface area contributed by atoms with Crippen molar-refractivity contribution in [3.63, 3.8) is 0 Å². The van der Waals surface area contributed by atoms with Gasteiger partial charge in [0, 0.05) is 6.54 Å². The Morgan fingerprint density at radius 2 is 2.11 bits per heavy atom. The zero-order valence-corrected chi connectivity index (χ0v) is 11.0. The number of amides is 2. The predicted octanol–water partition coefficient (Wildman–Crippen LogP) is 2.96. The first-order valence-electron chi connectivity index (χ1n) is 6.14. The van der Waals surface area contributed by atoms with E-state index in [9.17, 15) is 9.59 Å². The summed E-state index contributed by atoms with van der Waals surface area (Å²) in [6.07, 6.45) is 3.51. The summed E-state index contributed by atoms with van der Waals surface area (Å²) >= 11 is 5.91. The number of hydrogen-bond acceptors (Lipinski definition) is 2. The lowest BCUT2D eigenvalue weighted by Crippen LogP contribution is -2.29. The van der Waals surface area contributed by atoms with Gasteiger partial charge in [0.1, 0.15) is 0 Å². The molecule has 0 bridgehead atoms. The standard InChI is InChI=1S/C13H15ClN2O3/c14-10-7-9(12(17)18)3-4-11(10)16-13(19)15-6-5-8-1-2-8/h3-4,7-8H,1-2,5-6H2,(H,17,18)(H2,15,16,19). The molecule has 0 unspecified atom stereocenters. The summed E-state index contributed by atoms with van der Waals surface area (Å²) in [6, 6.07) is 3.86. The maximum atomic E-state index is 11.6. The van der Waals surface area contributed by atoms with Crippen LogP contribution >= 0.6 is 11.6 Å². The number of aromatic carboxylic acids is 1. The smallest absolute Gasteiger partial charge is 0.335 e. The zero-order valence-electron chi connectivity index (χ0n) is 10.3. The Morgan fingerprint density at radius 1 is 1.37 bits per heavy atom. The molecule has 0 atom stereocenters. The van der Waals surface area contributed by atoms with Crippen molar-refractivity contribution in [2.75, 3.05) is 11.9 Å². The first-order chi connectivity index (χ1) is 9.06. The molecule has 6 heteroatoms. The third-order valence-corrected chi connectivity index (χ3v) is 3.31. The number of carboxylic acid groups (broad SMARTS) is 1. The minimum atomic E-state index is -1.05. The number of nitrogens with one attached hydrogen (secondary N) is 2. The van der Waals surface area contributed by atoms with Crippen molar-refractivity contribution in [2.24, 2.45) is 5.92 Å². The Labute approximate surface area is 116 Å². The van der Waals surface area contributed by atoms with Crippen molar-refractivity contribution in [1.82, 2.24) is 5.32 Å². The Hall–Kier alpha value is -1.75. The van der Waals surface area contributed by atoms with Gasteiger partial charge in [-0.25, -0.2) is 9.59 Å². The van der Waals surface area contributed by atoms with Crippen LogP contribution in [0.3, 0.4) is 0 Å². The second-order valence-electron chi connectivity index (χ2n) is 4.61. The van der Waals surface area contributed by atoms with E-state index >= 15 is 0 Å². The van der Waals surface area contributed by atoms with Crippen molar-refractivity contribution in [2.45, 2.75) is 19.3 Å². The summed E-state index contributed by atoms with van der Waals surface area (Å²) in [4.78, 5) is 22.3. The summed E-state index contributed by atoms with van der Waals surface area (Å²) in [6.45, 7) is 0.640. The van der Waals surface area contributed by atoms with Gasteiger partial charge in [0.05, 0.1) is 16.3 Å². The van der Waals surface area contributed by atoms with Gasteiger partial charge in [-0.2, -0.15) is 0 Å². The van der Waals surface area contributed by atoms with Crippen molar-refractivity contribution in [3.8, 4) is 0 Å². The van der Waals surface area contributed by atoms with Gasteiger partial charge in [0.2, 0.25) is 0 Å². The Bertz CT molecular complexity index is 501. The molecule has 1 fully saturated rings. The van der Waals surface area contributed by atoms with Crippen molar-refractivity contribution >= 4 is 29.3 Å². The molecule has 102 valence electrons. The highest BCUT2D eigenvalue weighted by Gasteiger charge is 2.20. The van der Waals surface area contributed by atoms with Gasteiger partial charge in [0.25, 0.3) is 0 Å². The van der Waals surface area contributed by atoms with E-state index in [0.717, 1.165) is 12.3 Å². The fourth-order valence-electron chi connectivity index (χ4n) is 1.71. The van der Waals surface area contributed by atoms with Crippen LogP contribution in [0.15, 0.2) is 18.2 Å². The van der Waals surface area contributed by atoms with Gasteiger partial charge in [0.15, 0.2) is 0 Å². The third-order valence-electron chi connectivity index (χ3n) is 3.00. The summed E-state index contributed by atoms with van der Waals surface area (Å²) in [5, 5.41) is 14.3. The molecule has 0 aliphatic heterocycles. The molecule has 19 heavy (non-hydrogen) atoms. The largest absolute Gasteiger partial charge is 0.478 e. The number of carboxylic acids is 1. The number of carbonyl (C=O) groups excluding carboxylic acids is 1. The molecule has 0 saturated heterocycles. The van der Waals surface area contributed by atoms with Crippen LogP contribution in [0.5, 0.6) is 0 Å². The zero-order chi connectivity index (χ0) is 13.8. The van der Waals surface area contributed by atoms with Crippen LogP contribution in [0.4, 0.5) is 10.5 Å². The highest BCUT2D eigenvalue weighted by molar-refractivity contribution is 6.34.